The maximum atomic E-state index is 4.46. The molecule has 0 N–H and O–H groups in total. The van der Waals surface area contributed by atoms with Crippen molar-refractivity contribution in [3.63, 3.8) is 0 Å². The molecular weight excluding hydrogens is 298 g/mol. The minimum absolute atomic E-state index is 0.849. The second kappa shape index (κ2) is 7.27. The molecule has 0 aliphatic rings. The molecule has 0 saturated carbocycles. The summed E-state index contributed by atoms with van der Waals surface area (Å²) in [6, 6.07) is 14.3. The lowest BCUT2D eigenvalue weighted by Crippen LogP contribution is -2.17. The number of aromatic nitrogens is 3. The predicted molar refractivity (Wildman–Crippen MR) is 97.3 cm³/mol. The summed E-state index contributed by atoms with van der Waals surface area (Å²) >= 11 is 0. The number of pyridine rings is 1. The molecule has 0 bridgehead atoms. The van der Waals surface area contributed by atoms with E-state index in [2.05, 4.69) is 52.5 Å². The molecule has 0 fully saturated rings. The standard InChI is InChI=1S/C19H23N5/c1-22(2)19-10-9-16(11-20-19)13-23(3)14-17-12-21-24(15-17)18-7-5-4-6-8-18/h4-12,15H,13-14H2,1-3H3. The summed E-state index contributed by atoms with van der Waals surface area (Å²) in [5.74, 6) is 0.977. The molecule has 5 nitrogen and oxygen atoms in total. The van der Waals surface area contributed by atoms with Gasteiger partial charge >= 0.3 is 0 Å². The first-order valence-electron chi connectivity index (χ1n) is 8.01. The van der Waals surface area contributed by atoms with Gasteiger partial charge in [-0.2, -0.15) is 5.10 Å². The summed E-state index contributed by atoms with van der Waals surface area (Å²) in [4.78, 5) is 8.73. The number of para-hydroxylation sites is 1. The summed E-state index contributed by atoms with van der Waals surface area (Å²) in [7, 11) is 6.11. The second-order valence-corrected chi connectivity index (χ2v) is 6.22. The van der Waals surface area contributed by atoms with Gasteiger partial charge in [0.25, 0.3) is 0 Å². The van der Waals surface area contributed by atoms with E-state index >= 15 is 0 Å². The van der Waals surface area contributed by atoms with Gasteiger partial charge in [-0.15, -0.1) is 0 Å². The van der Waals surface area contributed by atoms with Crippen molar-refractivity contribution >= 4 is 5.82 Å². The molecule has 24 heavy (non-hydrogen) atoms. The van der Waals surface area contributed by atoms with Gasteiger partial charge in [-0.05, 0) is 30.8 Å². The van der Waals surface area contributed by atoms with Crippen LogP contribution >= 0.6 is 0 Å². The molecule has 2 heterocycles. The van der Waals surface area contributed by atoms with Crippen LogP contribution in [0.25, 0.3) is 5.69 Å². The van der Waals surface area contributed by atoms with Crippen molar-refractivity contribution in [1.82, 2.24) is 19.7 Å². The Morgan fingerprint density at radius 3 is 2.29 bits per heavy atom. The molecule has 0 aliphatic heterocycles. The highest BCUT2D eigenvalue weighted by Crippen LogP contribution is 2.12. The lowest BCUT2D eigenvalue weighted by atomic mass is 10.2. The zero-order chi connectivity index (χ0) is 16.9. The Morgan fingerprint density at radius 2 is 1.62 bits per heavy atom. The molecule has 0 aliphatic carbocycles. The molecule has 0 unspecified atom stereocenters. The zero-order valence-corrected chi connectivity index (χ0v) is 14.4. The number of anilines is 1. The van der Waals surface area contributed by atoms with Crippen molar-refractivity contribution in [2.24, 2.45) is 0 Å². The summed E-state index contributed by atoms with van der Waals surface area (Å²) in [5.41, 5.74) is 3.48. The number of hydrogen-bond donors (Lipinski definition) is 0. The Hall–Kier alpha value is -2.66. The van der Waals surface area contributed by atoms with Gasteiger partial charge in [0.15, 0.2) is 0 Å². The van der Waals surface area contributed by atoms with Crippen molar-refractivity contribution in [3.05, 3.63) is 72.2 Å². The summed E-state index contributed by atoms with van der Waals surface area (Å²) in [5, 5.41) is 4.45. The van der Waals surface area contributed by atoms with Gasteiger partial charge in [-0.3, -0.25) is 4.90 Å². The highest BCUT2D eigenvalue weighted by atomic mass is 15.3. The molecule has 0 spiro atoms. The Kier molecular flexibility index (Phi) is 4.91. The average Bonchev–Trinajstić information content (AvgIpc) is 3.04. The summed E-state index contributed by atoms with van der Waals surface area (Å²) < 4.78 is 1.91. The largest absolute Gasteiger partial charge is 0.363 e. The van der Waals surface area contributed by atoms with E-state index in [1.54, 1.807) is 0 Å². The molecule has 0 radical (unpaired) electrons. The molecule has 124 valence electrons. The Balaban J connectivity index is 1.61. The fourth-order valence-electron chi connectivity index (χ4n) is 2.62. The average molecular weight is 321 g/mol. The topological polar surface area (TPSA) is 37.2 Å². The predicted octanol–water partition coefficient (Wildman–Crippen LogP) is 2.97. The maximum absolute atomic E-state index is 4.46. The lowest BCUT2D eigenvalue weighted by molar-refractivity contribution is 0.318. The van der Waals surface area contributed by atoms with Gasteiger partial charge in [0, 0.05) is 45.1 Å². The molecule has 5 heteroatoms. The first-order chi connectivity index (χ1) is 11.6. The van der Waals surface area contributed by atoms with Crippen LogP contribution in [0, 0.1) is 0 Å². The Bertz CT molecular complexity index is 762. The van der Waals surface area contributed by atoms with E-state index in [1.807, 2.05) is 54.3 Å². The zero-order valence-electron chi connectivity index (χ0n) is 14.4. The van der Waals surface area contributed by atoms with Crippen LogP contribution in [0.15, 0.2) is 61.1 Å². The maximum Gasteiger partial charge on any atom is 0.127 e. The van der Waals surface area contributed by atoms with Crippen LogP contribution in [0.1, 0.15) is 11.1 Å². The van der Waals surface area contributed by atoms with Crippen molar-refractivity contribution < 1.29 is 0 Å². The van der Waals surface area contributed by atoms with Crippen LogP contribution < -0.4 is 4.90 Å². The highest BCUT2D eigenvalue weighted by molar-refractivity contribution is 5.37. The van der Waals surface area contributed by atoms with Gasteiger partial charge in [0.2, 0.25) is 0 Å². The molecule has 3 aromatic rings. The minimum atomic E-state index is 0.849. The second-order valence-electron chi connectivity index (χ2n) is 6.22. The number of benzene rings is 1. The summed E-state index contributed by atoms with van der Waals surface area (Å²) in [6.45, 7) is 1.71. The molecule has 2 aromatic heterocycles. The van der Waals surface area contributed by atoms with Crippen LogP contribution in [-0.2, 0) is 13.1 Å². The van der Waals surface area contributed by atoms with Crippen molar-refractivity contribution in [3.8, 4) is 5.69 Å². The van der Waals surface area contributed by atoms with E-state index in [-0.39, 0.29) is 0 Å². The van der Waals surface area contributed by atoms with Gasteiger partial charge in [-0.25, -0.2) is 9.67 Å². The fraction of sp³-hybridized carbons (Fsp3) is 0.263. The molecule has 0 atom stereocenters. The van der Waals surface area contributed by atoms with Gasteiger partial charge in [0.05, 0.1) is 11.9 Å². The van der Waals surface area contributed by atoms with Gasteiger partial charge in [-0.1, -0.05) is 24.3 Å². The van der Waals surface area contributed by atoms with Crippen LogP contribution in [0.3, 0.4) is 0 Å². The first kappa shape index (κ1) is 16.2. The minimum Gasteiger partial charge on any atom is -0.363 e. The summed E-state index contributed by atoms with van der Waals surface area (Å²) in [6.07, 6.45) is 5.95. The van der Waals surface area contributed by atoms with E-state index < -0.39 is 0 Å². The van der Waals surface area contributed by atoms with Crippen LogP contribution in [0.2, 0.25) is 0 Å². The van der Waals surface area contributed by atoms with Crippen molar-refractivity contribution in [2.75, 3.05) is 26.0 Å². The first-order valence-corrected chi connectivity index (χ1v) is 8.01. The Morgan fingerprint density at radius 1 is 0.875 bits per heavy atom. The van der Waals surface area contributed by atoms with Crippen LogP contribution in [0.4, 0.5) is 5.82 Å². The van der Waals surface area contributed by atoms with Crippen LogP contribution in [0.5, 0.6) is 0 Å². The monoisotopic (exact) mass is 321 g/mol. The van der Waals surface area contributed by atoms with E-state index in [0.717, 1.165) is 24.6 Å². The quantitative estimate of drug-likeness (QED) is 0.699. The smallest absolute Gasteiger partial charge is 0.127 e. The molecular formula is C19H23N5. The molecule has 3 rings (SSSR count). The highest BCUT2D eigenvalue weighted by Gasteiger charge is 2.06. The molecule has 1 aromatic carbocycles. The third-order valence-corrected chi connectivity index (χ3v) is 3.83. The number of nitrogens with zero attached hydrogens (tertiary/aromatic N) is 5. The van der Waals surface area contributed by atoms with E-state index in [0.29, 0.717) is 0 Å². The van der Waals surface area contributed by atoms with Crippen molar-refractivity contribution in [2.45, 2.75) is 13.1 Å². The van der Waals surface area contributed by atoms with E-state index in [1.165, 1.54) is 11.1 Å². The third kappa shape index (κ3) is 4.00. The van der Waals surface area contributed by atoms with Crippen molar-refractivity contribution in [1.29, 1.82) is 0 Å². The molecule has 0 saturated heterocycles. The lowest BCUT2D eigenvalue weighted by Gasteiger charge is -2.16. The number of rotatable bonds is 6. The van der Waals surface area contributed by atoms with E-state index in [4.69, 9.17) is 0 Å². The normalized spacial score (nSPS) is 11.0. The third-order valence-electron chi connectivity index (χ3n) is 3.83. The van der Waals surface area contributed by atoms with E-state index in [9.17, 15) is 0 Å². The van der Waals surface area contributed by atoms with Crippen LogP contribution in [-0.4, -0.2) is 40.8 Å². The Labute approximate surface area is 143 Å². The van der Waals surface area contributed by atoms with Gasteiger partial charge < -0.3 is 4.90 Å². The SMILES string of the molecule is CN(Cc1ccc(N(C)C)nc1)Cc1cnn(-c2ccccc2)c1. The molecule has 0 amide bonds. The number of hydrogen-bond acceptors (Lipinski definition) is 4. The van der Waals surface area contributed by atoms with Gasteiger partial charge in [0.1, 0.15) is 5.82 Å². The fourth-order valence-corrected chi connectivity index (χ4v) is 2.62.